The summed E-state index contributed by atoms with van der Waals surface area (Å²) in [5, 5.41) is 16.0. The lowest BCUT2D eigenvalue weighted by molar-refractivity contribution is 0.151. The first-order chi connectivity index (χ1) is 12.0. The molecule has 1 nitrogen and oxygen atoms in total. The van der Waals surface area contributed by atoms with E-state index in [-0.39, 0.29) is 11.3 Å². The van der Waals surface area contributed by atoms with Gasteiger partial charge in [0.2, 0.25) is 0 Å². The third kappa shape index (κ3) is 2.79. The standard InChI is InChI=1S/C24H24O/c1-24(2,3)15-14-16-12-13-21-19-10-5-4-8-17(19)18-9-6-7-11-20(18)22(21)23(16)25/h4-16,23,25H,1-3H3/b15-14+/t16-,23+/m1/s1. The topological polar surface area (TPSA) is 20.2 Å². The van der Waals surface area contributed by atoms with Gasteiger partial charge in [-0.1, -0.05) is 93.6 Å². The zero-order valence-corrected chi connectivity index (χ0v) is 15.0. The number of hydrogen-bond donors (Lipinski definition) is 1. The van der Waals surface area contributed by atoms with E-state index >= 15 is 0 Å². The third-order valence-corrected chi connectivity index (χ3v) is 4.98. The summed E-state index contributed by atoms with van der Waals surface area (Å²) in [5.41, 5.74) is 2.32. The van der Waals surface area contributed by atoms with Crippen molar-refractivity contribution < 1.29 is 5.11 Å². The van der Waals surface area contributed by atoms with Crippen LogP contribution in [0.5, 0.6) is 0 Å². The van der Waals surface area contributed by atoms with Crippen LogP contribution >= 0.6 is 0 Å². The van der Waals surface area contributed by atoms with Crippen molar-refractivity contribution in [1.29, 1.82) is 0 Å². The van der Waals surface area contributed by atoms with Gasteiger partial charge in [0.25, 0.3) is 0 Å². The van der Waals surface area contributed by atoms with Crippen LogP contribution < -0.4 is 0 Å². The minimum absolute atomic E-state index is 0.0105. The molecule has 3 aromatic carbocycles. The van der Waals surface area contributed by atoms with Crippen LogP contribution in [-0.2, 0) is 0 Å². The van der Waals surface area contributed by atoms with Gasteiger partial charge in [-0.3, -0.25) is 0 Å². The van der Waals surface area contributed by atoms with Crippen molar-refractivity contribution in [2.24, 2.45) is 11.3 Å². The van der Waals surface area contributed by atoms with E-state index in [0.29, 0.717) is 0 Å². The predicted octanol–water partition coefficient (Wildman–Crippen LogP) is 6.27. The Labute approximate surface area is 149 Å². The number of benzene rings is 3. The average Bonchev–Trinajstić information content (AvgIpc) is 2.60. The molecule has 0 fully saturated rings. The fourth-order valence-electron chi connectivity index (χ4n) is 3.77. The molecule has 1 aliphatic rings. The Balaban J connectivity index is 1.97. The van der Waals surface area contributed by atoms with Crippen molar-refractivity contribution >= 4 is 27.6 Å². The second-order valence-corrected chi connectivity index (χ2v) is 8.02. The molecule has 0 aromatic heterocycles. The minimum atomic E-state index is -0.520. The Kier molecular flexibility index (Phi) is 3.77. The molecule has 25 heavy (non-hydrogen) atoms. The van der Waals surface area contributed by atoms with Crippen LogP contribution in [0.3, 0.4) is 0 Å². The highest BCUT2D eigenvalue weighted by Crippen LogP contribution is 2.42. The smallest absolute Gasteiger partial charge is 0.0899 e. The van der Waals surface area contributed by atoms with Crippen molar-refractivity contribution in [1.82, 2.24) is 0 Å². The molecular weight excluding hydrogens is 304 g/mol. The van der Waals surface area contributed by atoms with E-state index in [9.17, 15) is 5.11 Å². The van der Waals surface area contributed by atoms with Crippen molar-refractivity contribution in [2.45, 2.75) is 26.9 Å². The van der Waals surface area contributed by atoms with E-state index in [4.69, 9.17) is 0 Å². The van der Waals surface area contributed by atoms with Crippen molar-refractivity contribution in [2.75, 3.05) is 0 Å². The molecule has 1 aliphatic carbocycles. The van der Waals surface area contributed by atoms with Crippen LogP contribution in [0, 0.1) is 11.3 Å². The van der Waals surface area contributed by atoms with Gasteiger partial charge in [-0.15, -0.1) is 0 Å². The van der Waals surface area contributed by atoms with Gasteiger partial charge in [0, 0.05) is 5.92 Å². The number of aliphatic hydroxyl groups excluding tert-OH is 1. The van der Waals surface area contributed by atoms with Crippen LogP contribution in [0.2, 0.25) is 0 Å². The number of rotatable bonds is 1. The Hall–Kier alpha value is -2.38. The molecule has 0 amide bonds. The molecule has 0 saturated heterocycles. The summed E-state index contributed by atoms with van der Waals surface area (Å²) >= 11 is 0. The molecule has 3 aromatic rings. The highest BCUT2D eigenvalue weighted by atomic mass is 16.3. The molecule has 0 heterocycles. The minimum Gasteiger partial charge on any atom is -0.387 e. The maximum Gasteiger partial charge on any atom is 0.0899 e. The molecule has 0 spiro atoms. The summed E-state index contributed by atoms with van der Waals surface area (Å²) in [6.45, 7) is 6.54. The molecule has 1 heteroatoms. The van der Waals surface area contributed by atoms with E-state index in [2.05, 4.69) is 93.6 Å². The van der Waals surface area contributed by atoms with Gasteiger partial charge in [-0.25, -0.2) is 0 Å². The summed E-state index contributed by atoms with van der Waals surface area (Å²) in [6.07, 6.45) is 8.14. The lowest BCUT2D eigenvalue weighted by atomic mass is 9.80. The number of aliphatic hydroxyl groups is 1. The molecular formula is C24H24O. The molecule has 1 N–H and O–H groups in total. The van der Waals surface area contributed by atoms with Crippen molar-refractivity contribution in [3.8, 4) is 0 Å². The molecule has 126 valence electrons. The summed E-state index contributed by atoms with van der Waals surface area (Å²) in [7, 11) is 0. The first kappa shape index (κ1) is 16.1. The zero-order valence-electron chi connectivity index (χ0n) is 15.0. The van der Waals surface area contributed by atoms with Crippen molar-refractivity contribution in [3.05, 3.63) is 77.9 Å². The summed E-state index contributed by atoms with van der Waals surface area (Å²) < 4.78 is 0. The zero-order chi connectivity index (χ0) is 17.6. The predicted molar refractivity (Wildman–Crippen MR) is 108 cm³/mol. The summed E-state index contributed by atoms with van der Waals surface area (Å²) in [6, 6.07) is 16.9. The summed E-state index contributed by atoms with van der Waals surface area (Å²) in [4.78, 5) is 0. The van der Waals surface area contributed by atoms with Crippen LogP contribution in [0.15, 0.2) is 66.8 Å². The van der Waals surface area contributed by atoms with Gasteiger partial charge in [0.1, 0.15) is 0 Å². The highest BCUT2D eigenvalue weighted by Gasteiger charge is 2.26. The highest BCUT2D eigenvalue weighted by molar-refractivity contribution is 6.13. The Morgan fingerprint density at radius 3 is 2.04 bits per heavy atom. The largest absolute Gasteiger partial charge is 0.387 e. The van der Waals surface area contributed by atoms with Gasteiger partial charge >= 0.3 is 0 Å². The average molecular weight is 328 g/mol. The van der Waals surface area contributed by atoms with E-state index in [1.54, 1.807) is 0 Å². The Morgan fingerprint density at radius 1 is 0.840 bits per heavy atom. The Bertz CT molecular complexity index is 1000. The third-order valence-electron chi connectivity index (χ3n) is 4.98. The molecule has 4 rings (SSSR count). The van der Waals surface area contributed by atoms with E-state index < -0.39 is 6.10 Å². The molecule has 0 bridgehead atoms. The van der Waals surface area contributed by atoms with E-state index in [1.807, 2.05) is 0 Å². The fourth-order valence-corrected chi connectivity index (χ4v) is 3.77. The van der Waals surface area contributed by atoms with Gasteiger partial charge in [0.05, 0.1) is 6.10 Å². The van der Waals surface area contributed by atoms with E-state index in [0.717, 1.165) is 16.5 Å². The van der Waals surface area contributed by atoms with Gasteiger partial charge < -0.3 is 5.11 Å². The second kappa shape index (κ2) is 5.86. The molecule has 0 unspecified atom stereocenters. The van der Waals surface area contributed by atoms with Gasteiger partial charge in [-0.2, -0.15) is 0 Å². The van der Waals surface area contributed by atoms with Crippen LogP contribution in [0.1, 0.15) is 38.0 Å². The molecule has 0 saturated carbocycles. The van der Waals surface area contributed by atoms with Gasteiger partial charge in [-0.05, 0) is 38.1 Å². The molecule has 2 atom stereocenters. The lowest BCUT2D eigenvalue weighted by Crippen LogP contribution is -2.15. The fraction of sp³-hybridized carbons (Fsp3) is 0.250. The summed E-state index contributed by atoms with van der Waals surface area (Å²) in [5.74, 6) is 0.0105. The maximum atomic E-state index is 11.2. The first-order valence-electron chi connectivity index (χ1n) is 8.95. The number of hydrogen-bond acceptors (Lipinski definition) is 1. The van der Waals surface area contributed by atoms with Gasteiger partial charge in [0.15, 0.2) is 0 Å². The van der Waals surface area contributed by atoms with Crippen LogP contribution in [0.25, 0.3) is 27.6 Å². The lowest BCUT2D eigenvalue weighted by Gasteiger charge is -2.27. The van der Waals surface area contributed by atoms with Crippen LogP contribution in [0.4, 0.5) is 0 Å². The quantitative estimate of drug-likeness (QED) is 0.412. The van der Waals surface area contributed by atoms with E-state index in [1.165, 1.54) is 16.2 Å². The Morgan fingerprint density at radius 2 is 1.40 bits per heavy atom. The molecule has 0 radical (unpaired) electrons. The molecule has 0 aliphatic heterocycles. The number of allylic oxidation sites excluding steroid dienone is 1. The SMILES string of the molecule is CC(C)(C)/C=C/[C@H]1C=Cc2c(c3ccccc3c3ccccc23)[C@H]1O. The second-order valence-electron chi connectivity index (χ2n) is 8.02. The normalized spacial score (nSPS) is 20.5. The monoisotopic (exact) mass is 328 g/mol. The first-order valence-corrected chi connectivity index (χ1v) is 8.95. The van der Waals surface area contributed by atoms with Crippen LogP contribution in [-0.4, -0.2) is 5.11 Å². The van der Waals surface area contributed by atoms with Crippen molar-refractivity contribution in [3.63, 3.8) is 0 Å². The maximum absolute atomic E-state index is 11.2. The number of fused-ring (bicyclic) bond motifs is 6.